The van der Waals surface area contributed by atoms with Gasteiger partial charge in [0.2, 0.25) is 33.6 Å². The smallest absolute Gasteiger partial charge is 0.264 e. The molecule has 356 valence electrons. The number of nitrogens with zero attached hydrogens (tertiary/aromatic N) is 2. The molecule has 0 aliphatic heterocycles. The number of ketones is 1. The summed E-state index contributed by atoms with van der Waals surface area (Å²) in [6.07, 6.45) is 1.63. The summed E-state index contributed by atoms with van der Waals surface area (Å²) in [5, 5.41) is 7.42. The maximum atomic E-state index is 14.5. The van der Waals surface area contributed by atoms with Crippen LogP contribution in [-0.2, 0) is 48.2 Å². The molecule has 0 bridgehead atoms. The highest BCUT2D eigenvalue weighted by molar-refractivity contribution is 7.90. The van der Waals surface area contributed by atoms with Gasteiger partial charge in [-0.05, 0) is 90.6 Å². The second-order valence-corrected chi connectivity index (χ2v) is 20.5. The molecule has 0 saturated carbocycles. The van der Waals surface area contributed by atoms with Crippen molar-refractivity contribution in [1.82, 2.24) is 25.1 Å². The number of guanidine groups is 1. The Bertz CT molecular complexity index is 2920. The lowest BCUT2D eigenvalue weighted by molar-refractivity contribution is -0.130. The molecule has 0 unspecified atom stereocenters. The zero-order chi connectivity index (χ0) is 48.8. The molecule has 5 aromatic carbocycles. The Labute approximate surface area is 401 Å². The van der Waals surface area contributed by atoms with Crippen LogP contribution in [0.15, 0.2) is 143 Å². The Morgan fingerprint density at radius 2 is 1.28 bits per heavy atom. The van der Waals surface area contributed by atoms with Gasteiger partial charge in [0.15, 0.2) is 5.01 Å². The largest absolute Gasteiger partial charge is 0.496 e. The van der Waals surface area contributed by atoms with Gasteiger partial charge in [-0.25, -0.2) is 31.3 Å². The van der Waals surface area contributed by atoms with Crippen molar-refractivity contribution in [3.05, 3.63) is 171 Å². The fraction of sp³-hybridized carbons (Fsp3) is 0.260. The molecule has 0 spiro atoms. The quantitative estimate of drug-likeness (QED) is 0.0233. The van der Waals surface area contributed by atoms with Gasteiger partial charge >= 0.3 is 0 Å². The highest BCUT2D eigenvalue weighted by Gasteiger charge is 2.32. The molecular formula is C50H55N7O8S3. The molecule has 1 aromatic heterocycles. The van der Waals surface area contributed by atoms with Crippen LogP contribution in [0, 0.1) is 20.8 Å². The third-order valence-corrected chi connectivity index (χ3v) is 15.0. The maximum Gasteiger partial charge on any atom is 0.264 e. The zero-order valence-corrected chi connectivity index (χ0v) is 40.6. The van der Waals surface area contributed by atoms with Gasteiger partial charge in [-0.15, -0.1) is 11.3 Å². The number of ether oxygens (including phenoxy) is 1. The Morgan fingerprint density at radius 3 is 1.90 bits per heavy atom. The summed E-state index contributed by atoms with van der Waals surface area (Å²) >= 11 is 1.09. The lowest BCUT2D eigenvalue weighted by Gasteiger charge is -2.25. The molecular weight excluding hydrogens is 923 g/mol. The molecule has 18 heteroatoms. The zero-order valence-electron chi connectivity index (χ0n) is 38.1. The number of benzene rings is 5. The first kappa shape index (κ1) is 50.7. The Balaban J connectivity index is 1.24. The van der Waals surface area contributed by atoms with Gasteiger partial charge in [-0.1, -0.05) is 115 Å². The minimum absolute atomic E-state index is 0.0206. The van der Waals surface area contributed by atoms with Crippen molar-refractivity contribution in [1.29, 1.82) is 0 Å². The van der Waals surface area contributed by atoms with Gasteiger partial charge in [-0.2, -0.15) is 0 Å². The minimum atomic E-state index is -4.14. The van der Waals surface area contributed by atoms with E-state index in [-0.39, 0.29) is 53.8 Å². The number of hydrogen-bond donors (Lipinski definition) is 5. The number of carbonyl (C=O) groups excluding carboxylic acids is 3. The monoisotopic (exact) mass is 977 g/mol. The number of Topliss-reactive ketones (excluding diaryl/α,β-unsaturated/α-hetero) is 1. The van der Waals surface area contributed by atoms with Crippen LogP contribution in [0.5, 0.6) is 5.75 Å². The SMILES string of the molecule is COc1cc(C)c(S(=O)(=O)NC(N)=NCCC[C@H](NC(=O)[C@H](Cc2ccc(-c3ccccc3)cc2)NC(=O)[C@@H](Cc2ccccc2)NS(=O)(=O)Cc2ccccc2)C(=O)c2nccs2)c(C)c1C. The highest BCUT2D eigenvalue weighted by atomic mass is 32.2. The third-order valence-electron chi connectivity index (χ3n) is 11.2. The number of aliphatic imine (C=N–C) groups is 1. The van der Waals surface area contributed by atoms with E-state index in [9.17, 15) is 31.2 Å². The van der Waals surface area contributed by atoms with Crippen molar-refractivity contribution in [2.75, 3.05) is 13.7 Å². The van der Waals surface area contributed by atoms with E-state index in [0.717, 1.165) is 22.5 Å². The second-order valence-electron chi connectivity index (χ2n) is 16.2. The van der Waals surface area contributed by atoms with Crippen LogP contribution in [0.1, 0.15) is 56.0 Å². The minimum Gasteiger partial charge on any atom is -0.496 e. The summed E-state index contributed by atoms with van der Waals surface area (Å²) in [6.45, 7) is 5.06. The van der Waals surface area contributed by atoms with Crippen LogP contribution in [0.4, 0.5) is 0 Å². The molecule has 3 atom stereocenters. The third kappa shape index (κ3) is 13.9. The number of nitrogens with one attached hydrogen (secondary N) is 4. The van der Waals surface area contributed by atoms with Gasteiger partial charge in [-0.3, -0.25) is 19.4 Å². The number of aromatic nitrogens is 1. The summed E-state index contributed by atoms with van der Waals surface area (Å²) in [7, 11) is -6.71. The first-order valence-electron chi connectivity index (χ1n) is 21.8. The van der Waals surface area contributed by atoms with Crippen LogP contribution in [0.2, 0.25) is 0 Å². The number of thiazole rings is 1. The van der Waals surface area contributed by atoms with E-state index in [1.54, 1.807) is 92.9 Å². The topological polar surface area (TPSA) is 228 Å². The molecule has 1 heterocycles. The first-order chi connectivity index (χ1) is 32.5. The summed E-state index contributed by atoms with van der Waals surface area (Å²) in [6, 6.07) is 32.5. The molecule has 0 aliphatic rings. The maximum absolute atomic E-state index is 14.5. The van der Waals surface area contributed by atoms with Crippen molar-refractivity contribution >= 4 is 54.9 Å². The van der Waals surface area contributed by atoms with E-state index in [1.165, 1.54) is 13.3 Å². The van der Waals surface area contributed by atoms with Crippen LogP contribution in [0.3, 0.4) is 0 Å². The number of methoxy groups -OCH3 is 1. The van der Waals surface area contributed by atoms with E-state index in [2.05, 4.69) is 30.1 Å². The van der Waals surface area contributed by atoms with E-state index < -0.39 is 55.8 Å². The fourth-order valence-electron chi connectivity index (χ4n) is 7.67. The van der Waals surface area contributed by atoms with Gasteiger partial charge in [0.05, 0.1) is 23.8 Å². The predicted molar refractivity (Wildman–Crippen MR) is 265 cm³/mol. The standard InChI is InChI=1S/C50H55N7O8S3/c1-33-29-44(65-4)34(2)35(3)46(33)68(63,64)57-50(51)53-26-14-21-41(45(58)49-52-27-28-66-49)54-47(59)42(30-37-22-24-40(25-23-37)39-19-12-7-13-20-39)55-48(60)43(31-36-15-8-5-9-16-36)56-67(61,62)32-38-17-10-6-11-18-38/h5-13,15-20,22-25,27-29,41-43,56H,14,21,26,30-32H2,1-4H3,(H,54,59)(H,55,60)(H3,51,53,57)/t41-,42-,43+/m0/s1. The summed E-state index contributed by atoms with van der Waals surface area (Å²) in [5.74, 6) is -2.14. The molecule has 15 nitrogen and oxygen atoms in total. The van der Waals surface area contributed by atoms with Crippen molar-refractivity contribution < 1.29 is 36.0 Å². The molecule has 6 N–H and O–H groups in total. The van der Waals surface area contributed by atoms with Gasteiger partial charge in [0.1, 0.15) is 17.8 Å². The number of carbonyl (C=O) groups is 3. The van der Waals surface area contributed by atoms with Crippen LogP contribution in [-0.4, -0.2) is 77.2 Å². The average molecular weight is 978 g/mol. The Morgan fingerprint density at radius 1 is 0.721 bits per heavy atom. The number of rotatable bonds is 22. The Hall–Kier alpha value is -6.73. The second kappa shape index (κ2) is 23.3. The first-order valence-corrected chi connectivity index (χ1v) is 25.8. The Kier molecular flexibility index (Phi) is 17.4. The number of sulfonamides is 2. The van der Waals surface area contributed by atoms with Crippen LogP contribution in [0.25, 0.3) is 11.1 Å². The molecule has 0 radical (unpaired) electrons. The van der Waals surface area contributed by atoms with Crippen molar-refractivity contribution in [2.24, 2.45) is 10.7 Å². The van der Waals surface area contributed by atoms with Crippen molar-refractivity contribution in [3.8, 4) is 16.9 Å². The van der Waals surface area contributed by atoms with Crippen molar-refractivity contribution in [3.63, 3.8) is 0 Å². The van der Waals surface area contributed by atoms with E-state index in [0.29, 0.717) is 39.1 Å². The van der Waals surface area contributed by atoms with Gasteiger partial charge < -0.3 is 21.1 Å². The van der Waals surface area contributed by atoms with E-state index in [4.69, 9.17) is 10.5 Å². The normalized spacial score (nSPS) is 13.2. The van der Waals surface area contributed by atoms with Crippen LogP contribution < -0.4 is 30.5 Å². The number of aryl methyl sites for hydroxylation is 1. The van der Waals surface area contributed by atoms with Gasteiger partial charge in [0, 0.05) is 24.5 Å². The summed E-state index contributed by atoms with van der Waals surface area (Å²) < 4.78 is 64.4. The van der Waals surface area contributed by atoms with Crippen LogP contribution >= 0.6 is 11.3 Å². The summed E-state index contributed by atoms with van der Waals surface area (Å²) in [4.78, 5) is 51.3. The van der Waals surface area contributed by atoms with E-state index in [1.807, 2.05) is 54.6 Å². The predicted octanol–water partition coefficient (Wildman–Crippen LogP) is 5.94. The molecule has 2 amide bonds. The lowest BCUT2D eigenvalue weighted by atomic mass is 9.99. The molecule has 68 heavy (non-hydrogen) atoms. The average Bonchev–Trinajstić information content (AvgIpc) is 3.87. The summed E-state index contributed by atoms with van der Waals surface area (Å²) in [5.41, 5.74) is 11.5. The molecule has 0 aliphatic carbocycles. The molecule has 6 rings (SSSR count). The highest BCUT2D eigenvalue weighted by Crippen LogP contribution is 2.30. The van der Waals surface area contributed by atoms with Crippen molar-refractivity contribution in [2.45, 2.75) is 75.2 Å². The fourth-order valence-corrected chi connectivity index (χ4v) is 11.1. The number of nitrogens with two attached hydrogens (primary N) is 1. The molecule has 0 saturated heterocycles. The van der Waals surface area contributed by atoms with Gasteiger partial charge in [0.25, 0.3) is 10.0 Å². The number of hydrogen-bond acceptors (Lipinski definition) is 11. The number of amides is 2. The van der Waals surface area contributed by atoms with E-state index >= 15 is 0 Å². The molecule has 0 fully saturated rings. The molecule has 6 aromatic rings. The lowest BCUT2D eigenvalue weighted by Crippen LogP contribution is -2.57.